The predicted octanol–water partition coefficient (Wildman–Crippen LogP) is 2.56. The molecule has 1 saturated heterocycles. The number of esters is 1. The summed E-state index contributed by atoms with van der Waals surface area (Å²) in [5.41, 5.74) is -0.0189. The van der Waals surface area contributed by atoms with E-state index in [1.165, 1.54) is 59.8 Å². The van der Waals surface area contributed by atoms with Gasteiger partial charge in [0.25, 0.3) is 11.6 Å². The Bertz CT molecular complexity index is 1110. The fraction of sp³-hybridized carbons (Fsp3) is 0.300. The number of hydrogen-bond acceptors (Lipinski definition) is 7. The number of nitro groups is 1. The normalized spacial score (nSPS) is 15.3. The molecular formula is C20H21N3O7S. The lowest BCUT2D eigenvalue weighted by atomic mass is 10.2. The molecule has 1 fully saturated rings. The summed E-state index contributed by atoms with van der Waals surface area (Å²) in [7, 11) is -3.70. The lowest BCUT2D eigenvalue weighted by molar-refractivity contribution is -0.384. The molecule has 164 valence electrons. The second-order valence-corrected chi connectivity index (χ2v) is 8.92. The van der Waals surface area contributed by atoms with E-state index in [4.69, 9.17) is 4.74 Å². The number of hydrogen-bond donors (Lipinski definition) is 1. The third-order valence-electron chi connectivity index (χ3n) is 4.75. The molecule has 1 aliphatic heterocycles. The maximum absolute atomic E-state index is 12.7. The summed E-state index contributed by atoms with van der Waals surface area (Å²) in [4.78, 5) is 35.0. The first kappa shape index (κ1) is 22.4. The van der Waals surface area contributed by atoms with Crippen molar-refractivity contribution in [3.63, 3.8) is 0 Å². The van der Waals surface area contributed by atoms with Crippen molar-refractivity contribution >= 4 is 33.3 Å². The summed E-state index contributed by atoms with van der Waals surface area (Å²) in [5.74, 6) is -1.55. The molecule has 11 heteroatoms. The second kappa shape index (κ2) is 9.23. The standard InChI is InChI=1S/C20H21N3O7S/c1-14(19(24)21-16-7-5-8-17(13-16)23(26)27)30-20(25)15-6-4-9-18(12-15)31(28,29)22-10-2-3-11-22/h4-9,12-14H,2-3,10-11H2,1H3,(H,21,24)/t14-/m1/s1. The van der Waals surface area contributed by atoms with Gasteiger partial charge in [-0.2, -0.15) is 4.31 Å². The van der Waals surface area contributed by atoms with Gasteiger partial charge in [0.2, 0.25) is 10.0 Å². The number of carbonyl (C=O) groups excluding carboxylic acids is 2. The van der Waals surface area contributed by atoms with Crippen molar-refractivity contribution in [2.75, 3.05) is 18.4 Å². The first-order valence-electron chi connectivity index (χ1n) is 9.55. The highest BCUT2D eigenvalue weighted by Crippen LogP contribution is 2.22. The van der Waals surface area contributed by atoms with Gasteiger partial charge < -0.3 is 10.1 Å². The zero-order valence-electron chi connectivity index (χ0n) is 16.7. The lowest BCUT2D eigenvalue weighted by Gasteiger charge is -2.16. The first-order chi connectivity index (χ1) is 14.7. The zero-order valence-corrected chi connectivity index (χ0v) is 17.5. The number of rotatable bonds is 7. The summed E-state index contributed by atoms with van der Waals surface area (Å²) in [6, 6.07) is 10.8. The molecule has 0 spiro atoms. The molecule has 0 unspecified atom stereocenters. The molecule has 1 atom stereocenters. The topological polar surface area (TPSA) is 136 Å². The van der Waals surface area contributed by atoms with Gasteiger partial charge in [0.1, 0.15) is 0 Å². The molecule has 1 heterocycles. The highest BCUT2D eigenvalue weighted by molar-refractivity contribution is 7.89. The number of carbonyl (C=O) groups is 2. The summed E-state index contributed by atoms with van der Waals surface area (Å²) < 4.78 is 31.9. The second-order valence-electron chi connectivity index (χ2n) is 6.98. The van der Waals surface area contributed by atoms with E-state index in [1.807, 2.05) is 0 Å². The van der Waals surface area contributed by atoms with Crippen LogP contribution in [0.2, 0.25) is 0 Å². The molecule has 1 N–H and O–H groups in total. The molecule has 1 aliphatic rings. The minimum absolute atomic E-state index is 0.00438. The van der Waals surface area contributed by atoms with Crippen LogP contribution in [-0.4, -0.2) is 48.7 Å². The van der Waals surface area contributed by atoms with E-state index in [0.29, 0.717) is 13.1 Å². The van der Waals surface area contributed by atoms with E-state index in [2.05, 4.69) is 5.32 Å². The number of nitrogens with zero attached hydrogens (tertiary/aromatic N) is 2. The maximum Gasteiger partial charge on any atom is 0.338 e. The van der Waals surface area contributed by atoms with Crippen molar-refractivity contribution in [2.24, 2.45) is 0 Å². The van der Waals surface area contributed by atoms with Gasteiger partial charge in [0, 0.05) is 30.9 Å². The number of nitro benzene ring substituents is 1. The predicted molar refractivity (Wildman–Crippen MR) is 111 cm³/mol. The zero-order chi connectivity index (χ0) is 22.6. The average molecular weight is 447 g/mol. The van der Waals surface area contributed by atoms with Crippen LogP contribution in [0.15, 0.2) is 53.4 Å². The van der Waals surface area contributed by atoms with Gasteiger partial charge in [-0.3, -0.25) is 14.9 Å². The van der Waals surface area contributed by atoms with Gasteiger partial charge in [0.05, 0.1) is 15.4 Å². The SMILES string of the molecule is C[C@@H](OC(=O)c1cccc(S(=O)(=O)N2CCCC2)c1)C(=O)Nc1cccc([N+](=O)[O-])c1. The van der Waals surface area contributed by atoms with Crippen molar-refractivity contribution in [3.05, 3.63) is 64.2 Å². The van der Waals surface area contributed by atoms with Gasteiger partial charge in [0.15, 0.2) is 6.10 Å². The molecule has 31 heavy (non-hydrogen) atoms. The van der Waals surface area contributed by atoms with Gasteiger partial charge in [-0.05, 0) is 44.0 Å². The number of ether oxygens (including phenoxy) is 1. The van der Waals surface area contributed by atoms with E-state index in [-0.39, 0.29) is 21.8 Å². The number of amides is 1. The highest BCUT2D eigenvalue weighted by Gasteiger charge is 2.28. The number of nitrogens with one attached hydrogen (secondary N) is 1. The van der Waals surface area contributed by atoms with E-state index in [1.54, 1.807) is 0 Å². The molecule has 3 rings (SSSR count). The third kappa shape index (κ3) is 5.25. The Labute approximate surface area is 179 Å². The largest absolute Gasteiger partial charge is 0.449 e. The molecule has 2 aromatic carbocycles. The van der Waals surface area contributed by atoms with Crippen molar-refractivity contribution in [1.29, 1.82) is 0 Å². The summed E-state index contributed by atoms with van der Waals surface area (Å²) in [5, 5.41) is 13.3. The van der Waals surface area contributed by atoms with E-state index in [0.717, 1.165) is 12.8 Å². The number of sulfonamides is 1. The van der Waals surface area contributed by atoms with Gasteiger partial charge in [-0.15, -0.1) is 0 Å². The summed E-state index contributed by atoms with van der Waals surface area (Å²) >= 11 is 0. The summed E-state index contributed by atoms with van der Waals surface area (Å²) in [6.45, 7) is 2.22. The number of anilines is 1. The van der Waals surface area contributed by atoms with E-state index < -0.39 is 32.9 Å². The van der Waals surface area contributed by atoms with Crippen LogP contribution in [0.5, 0.6) is 0 Å². The van der Waals surface area contributed by atoms with Crippen LogP contribution in [0.4, 0.5) is 11.4 Å². The Morgan fingerprint density at radius 1 is 1.13 bits per heavy atom. The maximum atomic E-state index is 12.7. The van der Waals surface area contributed by atoms with E-state index >= 15 is 0 Å². The quantitative estimate of drug-likeness (QED) is 0.391. The molecule has 2 aromatic rings. The minimum atomic E-state index is -3.70. The molecule has 0 radical (unpaired) electrons. The Morgan fingerprint density at radius 3 is 2.48 bits per heavy atom. The molecule has 0 saturated carbocycles. The van der Waals surface area contributed by atoms with Crippen LogP contribution in [0, 0.1) is 10.1 Å². The summed E-state index contributed by atoms with van der Waals surface area (Å²) in [6.07, 6.45) is 0.363. The molecule has 0 aromatic heterocycles. The van der Waals surface area contributed by atoms with Crippen molar-refractivity contribution in [1.82, 2.24) is 4.31 Å². The smallest absolute Gasteiger partial charge is 0.338 e. The highest BCUT2D eigenvalue weighted by atomic mass is 32.2. The molecular weight excluding hydrogens is 426 g/mol. The minimum Gasteiger partial charge on any atom is -0.449 e. The van der Waals surface area contributed by atoms with Crippen molar-refractivity contribution < 1.29 is 27.7 Å². The van der Waals surface area contributed by atoms with Crippen LogP contribution in [0.25, 0.3) is 0 Å². The van der Waals surface area contributed by atoms with Crippen molar-refractivity contribution in [3.8, 4) is 0 Å². The van der Waals surface area contributed by atoms with Gasteiger partial charge in [-0.25, -0.2) is 13.2 Å². The Morgan fingerprint density at radius 2 is 1.81 bits per heavy atom. The molecule has 0 bridgehead atoms. The number of non-ortho nitro benzene ring substituents is 1. The van der Waals surface area contributed by atoms with Crippen molar-refractivity contribution in [2.45, 2.75) is 30.8 Å². The fourth-order valence-electron chi connectivity index (χ4n) is 3.08. The van der Waals surface area contributed by atoms with Gasteiger partial charge in [-0.1, -0.05) is 12.1 Å². The monoisotopic (exact) mass is 447 g/mol. The van der Waals surface area contributed by atoms with Crippen LogP contribution >= 0.6 is 0 Å². The molecule has 10 nitrogen and oxygen atoms in total. The molecule has 0 aliphatic carbocycles. The van der Waals surface area contributed by atoms with Crippen LogP contribution in [0.3, 0.4) is 0 Å². The Hall–Kier alpha value is -3.31. The first-order valence-corrected chi connectivity index (χ1v) is 11.0. The van der Waals surface area contributed by atoms with E-state index in [9.17, 15) is 28.1 Å². The molecule has 1 amide bonds. The van der Waals surface area contributed by atoms with Gasteiger partial charge >= 0.3 is 5.97 Å². The third-order valence-corrected chi connectivity index (χ3v) is 6.64. The Kier molecular flexibility index (Phi) is 6.66. The van der Waals surface area contributed by atoms with Crippen LogP contribution in [0.1, 0.15) is 30.1 Å². The average Bonchev–Trinajstić information content (AvgIpc) is 3.29. The number of benzene rings is 2. The lowest BCUT2D eigenvalue weighted by Crippen LogP contribution is -2.30. The van der Waals surface area contributed by atoms with Crippen LogP contribution < -0.4 is 5.32 Å². The van der Waals surface area contributed by atoms with Crippen LogP contribution in [-0.2, 0) is 19.6 Å². The Balaban J connectivity index is 1.67. The fourth-order valence-corrected chi connectivity index (χ4v) is 4.65.